The average molecular weight is 407 g/mol. The minimum atomic E-state index is -1.53. The van der Waals surface area contributed by atoms with Crippen molar-refractivity contribution in [3.63, 3.8) is 0 Å². The van der Waals surface area contributed by atoms with Crippen molar-refractivity contribution in [2.75, 3.05) is 12.4 Å². The van der Waals surface area contributed by atoms with Crippen LogP contribution in [0.4, 0.5) is 0 Å². The standard InChI is InChI=1S/C14H25N5O7S/c1-6(17-12(23)7(15)2-3-10(16)21)11(22)19-9(5-27)13(24)18-8(4-20)14(25)26/h6-9,20,27H,2-5,15H2,1H3,(H2,16,21)(H,17,23)(H,18,24)(H,19,22)(H,25,26). The average Bonchev–Trinajstić information content (AvgIpc) is 2.60. The highest BCUT2D eigenvalue weighted by Crippen LogP contribution is 1.97. The first-order valence-corrected chi connectivity index (χ1v) is 8.56. The first kappa shape index (κ1) is 24.6. The van der Waals surface area contributed by atoms with Crippen LogP contribution < -0.4 is 27.4 Å². The molecule has 4 unspecified atom stereocenters. The number of rotatable bonds is 12. The molecule has 0 heterocycles. The van der Waals surface area contributed by atoms with Gasteiger partial charge in [-0.1, -0.05) is 0 Å². The maximum absolute atomic E-state index is 12.1. The Morgan fingerprint density at radius 1 is 1.00 bits per heavy atom. The topological polar surface area (TPSA) is 214 Å². The summed E-state index contributed by atoms with van der Waals surface area (Å²) in [5.74, 6) is -4.51. The first-order valence-electron chi connectivity index (χ1n) is 7.93. The Morgan fingerprint density at radius 3 is 2.00 bits per heavy atom. The number of nitrogens with one attached hydrogen (secondary N) is 3. The summed E-state index contributed by atoms with van der Waals surface area (Å²) in [7, 11) is 0. The Bertz CT molecular complexity index is 574. The van der Waals surface area contributed by atoms with Crippen LogP contribution in [0, 0.1) is 0 Å². The summed E-state index contributed by atoms with van der Waals surface area (Å²) in [6.45, 7) is 0.513. The molecule has 0 aromatic carbocycles. The van der Waals surface area contributed by atoms with Crippen molar-refractivity contribution in [3.05, 3.63) is 0 Å². The molecule has 12 nitrogen and oxygen atoms in total. The molecule has 154 valence electrons. The van der Waals surface area contributed by atoms with Gasteiger partial charge in [0.25, 0.3) is 0 Å². The molecule has 0 aromatic rings. The number of thiol groups is 1. The van der Waals surface area contributed by atoms with Gasteiger partial charge in [-0.15, -0.1) is 0 Å². The second-order valence-electron chi connectivity index (χ2n) is 5.67. The number of amides is 4. The maximum Gasteiger partial charge on any atom is 0.328 e. The fraction of sp³-hybridized carbons (Fsp3) is 0.643. The number of carboxylic acid groups (broad SMARTS) is 1. The zero-order valence-corrected chi connectivity index (χ0v) is 15.6. The van der Waals surface area contributed by atoms with Gasteiger partial charge in [0.05, 0.1) is 12.6 Å². The van der Waals surface area contributed by atoms with E-state index >= 15 is 0 Å². The molecule has 9 N–H and O–H groups in total. The molecule has 0 aliphatic rings. The quantitative estimate of drug-likeness (QED) is 0.149. The van der Waals surface area contributed by atoms with E-state index in [0.717, 1.165) is 0 Å². The van der Waals surface area contributed by atoms with E-state index in [1.165, 1.54) is 6.92 Å². The van der Waals surface area contributed by atoms with Crippen LogP contribution in [0.1, 0.15) is 19.8 Å². The van der Waals surface area contributed by atoms with Crippen molar-refractivity contribution in [1.82, 2.24) is 16.0 Å². The van der Waals surface area contributed by atoms with Crippen LogP contribution in [-0.4, -0.2) is 76.3 Å². The zero-order chi connectivity index (χ0) is 21.1. The van der Waals surface area contributed by atoms with Crippen molar-refractivity contribution in [2.24, 2.45) is 11.5 Å². The van der Waals surface area contributed by atoms with Gasteiger partial charge in [-0.3, -0.25) is 19.2 Å². The third-order valence-electron chi connectivity index (χ3n) is 3.40. The molecule has 0 rings (SSSR count). The Balaban J connectivity index is 4.68. The molecular weight excluding hydrogens is 382 g/mol. The number of aliphatic hydroxyl groups excluding tert-OH is 1. The third kappa shape index (κ3) is 9.21. The molecule has 0 radical (unpaired) electrons. The Morgan fingerprint density at radius 2 is 1.56 bits per heavy atom. The Kier molecular flexibility index (Phi) is 11.0. The van der Waals surface area contributed by atoms with Crippen LogP contribution in [0.3, 0.4) is 0 Å². The monoisotopic (exact) mass is 407 g/mol. The molecule has 0 aliphatic carbocycles. The number of aliphatic carboxylic acids is 1. The lowest BCUT2D eigenvalue weighted by Gasteiger charge is -2.22. The van der Waals surface area contributed by atoms with Gasteiger partial charge >= 0.3 is 5.97 Å². The summed E-state index contributed by atoms with van der Waals surface area (Å²) in [6.07, 6.45) is -0.0818. The predicted octanol–water partition coefficient (Wildman–Crippen LogP) is -3.94. The van der Waals surface area contributed by atoms with Crippen LogP contribution in [0.5, 0.6) is 0 Å². The molecule has 0 aromatic heterocycles. The molecule has 0 fully saturated rings. The molecule has 4 amide bonds. The summed E-state index contributed by atoms with van der Waals surface area (Å²) in [5.41, 5.74) is 10.5. The SMILES string of the molecule is CC(NC(=O)C(N)CCC(N)=O)C(=O)NC(CS)C(=O)NC(CO)C(=O)O. The first-order chi connectivity index (χ1) is 12.5. The molecule has 27 heavy (non-hydrogen) atoms. The predicted molar refractivity (Wildman–Crippen MR) is 96.4 cm³/mol. The van der Waals surface area contributed by atoms with Gasteiger partial charge in [0.2, 0.25) is 23.6 Å². The molecule has 0 saturated heterocycles. The molecule has 4 atom stereocenters. The number of primary amides is 1. The Hall–Kier alpha value is -2.38. The van der Waals surface area contributed by atoms with E-state index in [9.17, 15) is 24.0 Å². The second kappa shape index (κ2) is 12.1. The van der Waals surface area contributed by atoms with Gasteiger partial charge in [-0.25, -0.2) is 4.79 Å². The highest BCUT2D eigenvalue weighted by molar-refractivity contribution is 7.80. The number of carbonyl (C=O) groups excluding carboxylic acids is 4. The fourth-order valence-electron chi connectivity index (χ4n) is 1.76. The van der Waals surface area contributed by atoms with Crippen LogP contribution in [-0.2, 0) is 24.0 Å². The summed E-state index contributed by atoms with van der Waals surface area (Å²) >= 11 is 3.91. The van der Waals surface area contributed by atoms with Gasteiger partial charge in [0.15, 0.2) is 0 Å². The number of nitrogens with two attached hydrogens (primary N) is 2. The molecular formula is C14H25N5O7S. The van der Waals surface area contributed by atoms with Gasteiger partial charge in [0, 0.05) is 12.2 Å². The van der Waals surface area contributed by atoms with E-state index in [-0.39, 0.29) is 18.6 Å². The van der Waals surface area contributed by atoms with Gasteiger partial charge in [-0.2, -0.15) is 12.6 Å². The largest absolute Gasteiger partial charge is 0.480 e. The minimum Gasteiger partial charge on any atom is -0.480 e. The number of carboxylic acids is 1. The number of aliphatic hydroxyl groups is 1. The van der Waals surface area contributed by atoms with Crippen molar-refractivity contribution in [2.45, 2.75) is 43.9 Å². The van der Waals surface area contributed by atoms with Gasteiger partial charge in [0.1, 0.15) is 18.1 Å². The lowest BCUT2D eigenvalue weighted by Crippen LogP contribution is -2.57. The van der Waals surface area contributed by atoms with Crippen molar-refractivity contribution in [3.8, 4) is 0 Å². The summed E-state index contributed by atoms with van der Waals surface area (Å²) in [4.78, 5) is 57.5. The molecule has 13 heteroatoms. The van der Waals surface area contributed by atoms with Crippen LogP contribution >= 0.6 is 12.6 Å². The van der Waals surface area contributed by atoms with Crippen molar-refractivity contribution in [1.29, 1.82) is 0 Å². The summed E-state index contributed by atoms with van der Waals surface area (Å²) in [5, 5.41) is 24.4. The lowest BCUT2D eigenvalue weighted by atomic mass is 10.1. The lowest BCUT2D eigenvalue weighted by molar-refractivity contribution is -0.143. The normalized spacial score (nSPS) is 15.0. The van der Waals surface area contributed by atoms with E-state index in [1.54, 1.807) is 0 Å². The van der Waals surface area contributed by atoms with E-state index in [2.05, 4.69) is 23.3 Å². The molecule has 0 spiro atoms. The van der Waals surface area contributed by atoms with Gasteiger partial charge < -0.3 is 37.6 Å². The molecule has 0 saturated carbocycles. The smallest absolute Gasteiger partial charge is 0.328 e. The number of carbonyl (C=O) groups is 5. The van der Waals surface area contributed by atoms with Crippen LogP contribution in [0.15, 0.2) is 0 Å². The van der Waals surface area contributed by atoms with Crippen LogP contribution in [0.2, 0.25) is 0 Å². The zero-order valence-electron chi connectivity index (χ0n) is 14.7. The fourth-order valence-corrected chi connectivity index (χ4v) is 2.02. The summed E-state index contributed by atoms with van der Waals surface area (Å²) in [6, 6.07) is -4.84. The van der Waals surface area contributed by atoms with Crippen LogP contribution in [0.25, 0.3) is 0 Å². The van der Waals surface area contributed by atoms with E-state index in [4.69, 9.17) is 21.7 Å². The molecule has 0 bridgehead atoms. The van der Waals surface area contributed by atoms with Crippen molar-refractivity contribution >= 4 is 42.2 Å². The summed E-state index contributed by atoms with van der Waals surface area (Å²) < 4.78 is 0. The highest BCUT2D eigenvalue weighted by Gasteiger charge is 2.27. The highest BCUT2D eigenvalue weighted by atomic mass is 32.1. The number of hydrogen-bond acceptors (Lipinski definition) is 8. The third-order valence-corrected chi connectivity index (χ3v) is 3.77. The van der Waals surface area contributed by atoms with Gasteiger partial charge in [-0.05, 0) is 13.3 Å². The number of hydrogen-bond donors (Lipinski definition) is 8. The Labute approximate surface area is 160 Å². The van der Waals surface area contributed by atoms with Crippen molar-refractivity contribution < 1.29 is 34.2 Å². The van der Waals surface area contributed by atoms with E-state index < -0.39 is 60.4 Å². The molecule has 0 aliphatic heterocycles. The second-order valence-corrected chi connectivity index (χ2v) is 6.03. The minimum absolute atomic E-state index is 0.00884. The van der Waals surface area contributed by atoms with E-state index in [0.29, 0.717) is 0 Å². The maximum atomic E-state index is 12.1. The van der Waals surface area contributed by atoms with E-state index in [1.807, 2.05) is 5.32 Å².